The minimum absolute atomic E-state index is 0.222. The normalized spacial score (nSPS) is 15.3. The number of aliphatic hydroxyl groups excluding tert-OH is 1. The molecule has 0 spiro atoms. The molecule has 62 valence electrons. The van der Waals surface area contributed by atoms with Crippen LogP contribution in [-0.4, -0.2) is 11.3 Å². The average molecular weight is 145 g/mol. The molecule has 0 aromatic carbocycles. The van der Waals surface area contributed by atoms with Crippen molar-refractivity contribution >= 4 is 0 Å². The van der Waals surface area contributed by atoms with Crippen molar-refractivity contribution in [2.45, 2.75) is 33.9 Å². The molecule has 0 amide bonds. The van der Waals surface area contributed by atoms with E-state index in [9.17, 15) is 0 Å². The molecule has 0 radical (unpaired) electrons. The molecular weight excluding hydrogens is 126 g/mol. The lowest BCUT2D eigenvalue weighted by molar-refractivity contribution is 0.0585. The summed E-state index contributed by atoms with van der Waals surface area (Å²) in [6, 6.07) is 0. The van der Waals surface area contributed by atoms with Gasteiger partial charge in [0.05, 0.1) is 0 Å². The second-order valence-electron chi connectivity index (χ2n) is 3.56. The third-order valence-electron chi connectivity index (χ3n) is 1.93. The fraction of sp³-hybridized carbons (Fsp3) is 1.00. The molecule has 0 bridgehead atoms. The van der Waals surface area contributed by atoms with E-state index in [-0.39, 0.29) is 5.92 Å². The first kappa shape index (κ1) is 9.92. The van der Waals surface area contributed by atoms with Crippen LogP contribution in [0.15, 0.2) is 0 Å². The average Bonchev–Trinajstić information content (AvgIpc) is 1.59. The first-order valence-corrected chi connectivity index (χ1v) is 3.90. The van der Waals surface area contributed by atoms with Gasteiger partial charge in [-0.2, -0.15) is 0 Å². The fourth-order valence-corrected chi connectivity index (χ4v) is 1.56. The van der Waals surface area contributed by atoms with Gasteiger partial charge in [-0.25, -0.2) is 0 Å². The molecule has 0 rings (SSSR count). The van der Waals surface area contributed by atoms with Crippen LogP contribution in [0.2, 0.25) is 0 Å². The van der Waals surface area contributed by atoms with Crippen molar-refractivity contribution in [3.05, 3.63) is 0 Å². The van der Waals surface area contributed by atoms with E-state index in [0.29, 0.717) is 11.8 Å². The van der Waals surface area contributed by atoms with Crippen molar-refractivity contribution in [2.75, 3.05) is 0 Å². The molecule has 0 aromatic heterocycles. The molecule has 2 heteroatoms. The Labute approximate surface area is 63.4 Å². The first-order valence-electron chi connectivity index (χ1n) is 3.90. The summed E-state index contributed by atoms with van der Waals surface area (Å²) in [5, 5.41) is 9.13. The minimum Gasteiger partial charge on any atom is -0.379 e. The van der Waals surface area contributed by atoms with E-state index >= 15 is 0 Å². The lowest BCUT2D eigenvalue weighted by Gasteiger charge is -2.26. The van der Waals surface area contributed by atoms with Gasteiger partial charge in [-0.05, 0) is 11.8 Å². The van der Waals surface area contributed by atoms with Gasteiger partial charge in [-0.1, -0.05) is 27.7 Å². The van der Waals surface area contributed by atoms with Gasteiger partial charge < -0.3 is 10.8 Å². The molecule has 0 heterocycles. The van der Waals surface area contributed by atoms with E-state index in [0.717, 1.165) is 0 Å². The van der Waals surface area contributed by atoms with Gasteiger partial charge in [-0.15, -0.1) is 0 Å². The van der Waals surface area contributed by atoms with Crippen LogP contribution in [0.1, 0.15) is 27.7 Å². The van der Waals surface area contributed by atoms with Crippen LogP contribution in [0.4, 0.5) is 0 Å². The topological polar surface area (TPSA) is 46.2 Å². The molecule has 0 saturated heterocycles. The van der Waals surface area contributed by atoms with Crippen LogP contribution < -0.4 is 5.73 Å². The van der Waals surface area contributed by atoms with Crippen LogP contribution >= 0.6 is 0 Å². The molecule has 0 fully saturated rings. The molecule has 0 aliphatic carbocycles. The molecule has 0 saturated carbocycles. The Morgan fingerprint density at radius 3 is 1.30 bits per heavy atom. The molecule has 3 N–H and O–H groups in total. The van der Waals surface area contributed by atoms with Crippen molar-refractivity contribution in [3.8, 4) is 0 Å². The zero-order valence-corrected chi connectivity index (χ0v) is 7.33. The Hall–Kier alpha value is -0.0800. The third-order valence-corrected chi connectivity index (χ3v) is 1.93. The summed E-state index contributed by atoms with van der Waals surface area (Å²) < 4.78 is 0. The van der Waals surface area contributed by atoms with Gasteiger partial charge in [0.1, 0.15) is 6.23 Å². The summed E-state index contributed by atoms with van der Waals surface area (Å²) in [4.78, 5) is 0. The SMILES string of the molecule is CC(C)C(C(C)C)C(N)O. The Balaban J connectivity index is 3.98. The quantitative estimate of drug-likeness (QED) is 0.586. The summed E-state index contributed by atoms with van der Waals surface area (Å²) in [5.41, 5.74) is 5.39. The molecule has 0 aromatic rings. The zero-order valence-electron chi connectivity index (χ0n) is 7.33. The maximum Gasteiger partial charge on any atom is 0.105 e. The van der Waals surface area contributed by atoms with E-state index in [1.165, 1.54) is 0 Å². The fourth-order valence-electron chi connectivity index (χ4n) is 1.56. The molecule has 1 atom stereocenters. The molecule has 1 unspecified atom stereocenters. The Bertz CT molecular complexity index is 70.2. The van der Waals surface area contributed by atoms with E-state index in [4.69, 9.17) is 10.8 Å². The van der Waals surface area contributed by atoms with Crippen molar-refractivity contribution in [3.63, 3.8) is 0 Å². The summed E-state index contributed by atoms with van der Waals surface area (Å²) >= 11 is 0. The largest absolute Gasteiger partial charge is 0.379 e. The standard InChI is InChI=1S/C8H19NO/c1-5(2)7(6(3)4)8(9)10/h5-8,10H,9H2,1-4H3. The van der Waals surface area contributed by atoms with Crippen molar-refractivity contribution in [2.24, 2.45) is 23.5 Å². The van der Waals surface area contributed by atoms with Crippen LogP contribution in [0.3, 0.4) is 0 Å². The molecular formula is C8H19NO. The maximum absolute atomic E-state index is 9.13. The van der Waals surface area contributed by atoms with Gasteiger partial charge >= 0.3 is 0 Å². The smallest absolute Gasteiger partial charge is 0.105 e. The number of nitrogens with two attached hydrogens (primary N) is 1. The highest BCUT2D eigenvalue weighted by Gasteiger charge is 2.22. The third kappa shape index (κ3) is 2.67. The van der Waals surface area contributed by atoms with Crippen molar-refractivity contribution in [1.82, 2.24) is 0 Å². The van der Waals surface area contributed by atoms with Gasteiger partial charge in [0.15, 0.2) is 0 Å². The van der Waals surface area contributed by atoms with Gasteiger partial charge in [-0.3, -0.25) is 0 Å². The molecule has 0 aliphatic heterocycles. The van der Waals surface area contributed by atoms with E-state index < -0.39 is 6.23 Å². The minimum atomic E-state index is -0.667. The Kier molecular flexibility index (Phi) is 3.91. The predicted octanol–water partition coefficient (Wildman–Crippen LogP) is 1.19. The monoisotopic (exact) mass is 145 g/mol. The maximum atomic E-state index is 9.13. The van der Waals surface area contributed by atoms with Crippen molar-refractivity contribution < 1.29 is 5.11 Å². The summed E-state index contributed by atoms with van der Waals surface area (Å²) in [6.07, 6.45) is -0.667. The number of hydrogen-bond donors (Lipinski definition) is 2. The summed E-state index contributed by atoms with van der Waals surface area (Å²) in [5.74, 6) is 1.14. The number of aliphatic hydroxyl groups is 1. The first-order chi connectivity index (χ1) is 4.46. The van der Waals surface area contributed by atoms with Crippen molar-refractivity contribution in [1.29, 1.82) is 0 Å². The van der Waals surface area contributed by atoms with E-state index in [1.807, 2.05) is 0 Å². The van der Waals surface area contributed by atoms with E-state index in [1.54, 1.807) is 0 Å². The predicted molar refractivity (Wildman–Crippen MR) is 43.4 cm³/mol. The van der Waals surface area contributed by atoms with Crippen LogP contribution in [-0.2, 0) is 0 Å². The summed E-state index contributed by atoms with van der Waals surface area (Å²) in [6.45, 7) is 8.34. The van der Waals surface area contributed by atoms with Crippen LogP contribution in [0.25, 0.3) is 0 Å². The molecule has 2 nitrogen and oxygen atoms in total. The molecule has 10 heavy (non-hydrogen) atoms. The van der Waals surface area contributed by atoms with Crippen LogP contribution in [0.5, 0.6) is 0 Å². The number of hydrogen-bond acceptors (Lipinski definition) is 2. The lowest BCUT2D eigenvalue weighted by atomic mass is 9.84. The highest BCUT2D eigenvalue weighted by atomic mass is 16.3. The van der Waals surface area contributed by atoms with Gasteiger partial charge in [0, 0.05) is 5.92 Å². The second kappa shape index (κ2) is 3.94. The number of rotatable bonds is 3. The van der Waals surface area contributed by atoms with Gasteiger partial charge in [0.25, 0.3) is 0 Å². The Morgan fingerprint density at radius 2 is 1.30 bits per heavy atom. The van der Waals surface area contributed by atoms with Gasteiger partial charge in [0.2, 0.25) is 0 Å². The highest BCUT2D eigenvalue weighted by Crippen LogP contribution is 2.21. The Morgan fingerprint density at radius 1 is 1.00 bits per heavy atom. The zero-order chi connectivity index (χ0) is 8.31. The lowest BCUT2D eigenvalue weighted by Crippen LogP contribution is -2.36. The second-order valence-corrected chi connectivity index (χ2v) is 3.56. The van der Waals surface area contributed by atoms with Crippen LogP contribution in [0, 0.1) is 17.8 Å². The highest BCUT2D eigenvalue weighted by molar-refractivity contribution is 4.70. The molecule has 0 aliphatic rings. The summed E-state index contributed by atoms with van der Waals surface area (Å²) in [7, 11) is 0. The van der Waals surface area contributed by atoms with E-state index in [2.05, 4.69) is 27.7 Å².